The summed E-state index contributed by atoms with van der Waals surface area (Å²) in [6, 6.07) is 5.45. The molecule has 17 heavy (non-hydrogen) atoms. The minimum atomic E-state index is -0.216. The average molecular weight is 254 g/mol. The standard InChI is InChI=1S/C12H16ClN3O/c13-10-1-2-11(14)9(5-10)7-16-4-3-8(6-16)12(15)17/h1-2,5,8H,3-4,6-7,14H2,(H2,15,17). The van der Waals surface area contributed by atoms with Crippen molar-refractivity contribution in [3.63, 3.8) is 0 Å². The number of carbonyl (C=O) groups excluding carboxylic acids is 1. The molecule has 1 heterocycles. The summed E-state index contributed by atoms with van der Waals surface area (Å²) in [6.07, 6.45) is 0.829. The van der Waals surface area contributed by atoms with Gasteiger partial charge in [-0.05, 0) is 36.7 Å². The molecule has 1 aliphatic heterocycles. The lowest BCUT2D eigenvalue weighted by molar-refractivity contribution is -0.121. The van der Waals surface area contributed by atoms with Crippen molar-refractivity contribution >= 4 is 23.2 Å². The van der Waals surface area contributed by atoms with E-state index < -0.39 is 0 Å². The second-order valence-electron chi connectivity index (χ2n) is 4.47. The second kappa shape index (κ2) is 4.94. The van der Waals surface area contributed by atoms with Crippen LogP contribution in [0.2, 0.25) is 5.02 Å². The van der Waals surface area contributed by atoms with Crippen molar-refractivity contribution in [2.45, 2.75) is 13.0 Å². The molecule has 1 aromatic rings. The van der Waals surface area contributed by atoms with Gasteiger partial charge in [0.1, 0.15) is 0 Å². The number of rotatable bonds is 3. The van der Waals surface area contributed by atoms with Crippen molar-refractivity contribution in [2.75, 3.05) is 18.8 Å². The Balaban J connectivity index is 2.02. The molecule has 1 aromatic carbocycles. The van der Waals surface area contributed by atoms with Crippen molar-refractivity contribution in [3.05, 3.63) is 28.8 Å². The number of carbonyl (C=O) groups is 1. The molecule has 1 unspecified atom stereocenters. The average Bonchev–Trinajstić information content (AvgIpc) is 2.72. The third kappa shape index (κ3) is 2.90. The molecule has 4 nitrogen and oxygen atoms in total. The normalized spacial score (nSPS) is 20.6. The van der Waals surface area contributed by atoms with Crippen LogP contribution < -0.4 is 11.5 Å². The molecule has 1 aliphatic rings. The molecule has 0 bridgehead atoms. The Labute approximate surface area is 106 Å². The van der Waals surface area contributed by atoms with Gasteiger partial charge >= 0.3 is 0 Å². The maximum absolute atomic E-state index is 11.1. The van der Waals surface area contributed by atoms with Gasteiger partial charge in [-0.2, -0.15) is 0 Å². The van der Waals surface area contributed by atoms with Crippen molar-refractivity contribution in [2.24, 2.45) is 11.7 Å². The second-order valence-corrected chi connectivity index (χ2v) is 4.90. The maximum Gasteiger partial charge on any atom is 0.221 e. The lowest BCUT2D eigenvalue weighted by atomic mass is 10.1. The fourth-order valence-corrected chi connectivity index (χ4v) is 2.36. The summed E-state index contributed by atoms with van der Waals surface area (Å²) in [5.41, 5.74) is 12.9. The van der Waals surface area contributed by atoms with Gasteiger partial charge in [-0.25, -0.2) is 0 Å². The molecule has 0 saturated carbocycles. The zero-order valence-corrected chi connectivity index (χ0v) is 10.3. The predicted octanol–water partition coefficient (Wildman–Crippen LogP) is 1.23. The number of amides is 1. The van der Waals surface area contributed by atoms with Crippen molar-refractivity contribution < 1.29 is 4.79 Å². The van der Waals surface area contributed by atoms with Crippen LogP contribution in [0.4, 0.5) is 5.69 Å². The molecule has 4 N–H and O–H groups in total. The molecule has 1 fully saturated rings. The highest BCUT2D eigenvalue weighted by molar-refractivity contribution is 6.30. The van der Waals surface area contributed by atoms with Crippen LogP contribution in [0, 0.1) is 5.92 Å². The largest absolute Gasteiger partial charge is 0.398 e. The first-order valence-corrected chi connectivity index (χ1v) is 5.99. The Hall–Kier alpha value is -1.26. The van der Waals surface area contributed by atoms with E-state index in [1.807, 2.05) is 6.07 Å². The Morgan fingerprint density at radius 1 is 1.53 bits per heavy atom. The molecule has 1 amide bonds. The SMILES string of the molecule is NC(=O)C1CCN(Cc2cc(Cl)ccc2N)C1. The number of hydrogen-bond donors (Lipinski definition) is 2. The van der Waals surface area contributed by atoms with Crippen LogP contribution in [0.15, 0.2) is 18.2 Å². The highest BCUT2D eigenvalue weighted by Gasteiger charge is 2.26. The first-order valence-electron chi connectivity index (χ1n) is 5.62. The number of nitrogens with two attached hydrogens (primary N) is 2. The van der Waals surface area contributed by atoms with Crippen LogP contribution in [0.5, 0.6) is 0 Å². The molecule has 0 aromatic heterocycles. The van der Waals surface area contributed by atoms with E-state index in [2.05, 4.69) is 4.90 Å². The van der Waals surface area contributed by atoms with Crippen molar-refractivity contribution in [1.29, 1.82) is 0 Å². The van der Waals surface area contributed by atoms with E-state index in [9.17, 15) is 4.79 Å². The number of likely N-dealkylation sites (tertiary alicyclic amines) is 1. The summed E-state index contributed by atoms with van der Waals surface area (Å²) in [5.74, 6) is -0.248. The van der Waals surface area contributed by atoms with Gasteiger partial charge in [0.05, 0.1) is 5.92 Å². The topological polar surface area (TPSA) is 72.4 Å². The monoisotopic (exact) mass is 253 g/mol. The first kappa shape index (κ1) is 12.2. The molecular weight excluding hydrogens is 238 g/mol. The van der Waals surface area contributed by atoms with E-state index in [0.717, 1.165) is 30.8 Å². The third-order valence-electron chi connectivity index (χ3n) is 3.17. The van der Waals surface area contributed by atoms with E-state index in [-0.39, 0.29) is 11.8 Å². The lowest BCUT2D eigenvalue weighted by Gasteiger charge is -2.16. The zero-order valence-electron chi connectivity index (χ0n) is 9.53. The van der Waals surface area contributed by atoms with Gasteiger partial charge in [-0.15, -0.1) is 0 Å². The van der Waals surface area contributed by atoms with Gasteiger partial charge in [0, 0.05) is 23.8 Å². The molecule has 0 spiro atoms. The van der Waals surface area contributed by atoms with E-state index >= 15 is 0 Å². The highest BCUT2D eigenvalue weighted by atomic mass is 35.5. The van der Waals surface area contributed by atoms with Crippen LogP contribution >= 0.6 is 11.6 Å². The zero-order chi connectivity index (χ0) is 12.4. The molecular formula is C12H16ClN3O. The number of anilines is 1. The van der Waals surface area contributed by atoms with E-state index in [0.29, 0.717) is 11.6 Å². The van der Waals surface area contributed by atoms with E-state index in [4.69, 9.17) is 23.1 Å². The van der Waals surface area contributed by atoms with Gasteiger partial charge in [-0.1, -0.05) is 11.6 Å². The van der Waals surface area contributed by atoms with Gasteiger partial charge in [0.2, 0.25) is 5.91 Å². The third-order valence-corrected chi connectivity index (χ3v) is 3.41. The smallest absolute Gasteiger partial charge is 0.221 e. The lowest BCUT2D eigenvalue weighted by Crippen LogP contribution is -2.27. The Morgan fingerprint density at radius 3 is 2.94 bits per heavy atom. The Morgan fingerprint density at radius 2 is 2.29 bits per heavy atom. The number of hydrogen-bond acceptors (Lipinski definition) is 3. The van der Waals surface area contributed by atoms with Crippen LogP contribution in [-0.4, -0.2) is 23.9 Å². The molecule has 1 atom stereocenters. The summed E-state index contributed by atoms with van der Waals surface area (Å²) in [6.45, 7) is 2.30. The summed E-state index contributed by atoms with van der Waals surface area (Å²) in [7, 11) is 0. The van der Waals surface area contributed by atoms with Gasteiger partial charge in [0.25, 0.3) is 0 Å². The van der Waals surface area contributed by atoms with Crippen LogP contribution in [0.25, 0.3) is 0 Å². The number of primary amides is 1. The summed E-state index contributed by atoms with van der Waals surface area (Å²) < 4.78 is 0. The summed E-state index contributed by atoms with van der Waals surface area (Å²) >= 11 is 5.93. The van der Waals surface area contributed by atoms with Crippen molar-refractivity contribution in [1.82, 2.24) is 4.90 Å². The number of halogens is 1. The Kier molecular flexibility index (Phi) is 3.54. The molecule has 5 heteroatoms. The van der Waals surface area contributed by atoms with Gasteiger partial charge in [-0.3, -0.25) is 9.69 Å². The Bertz CT molecular complexity index is 436. The van der Waals surface area contributed by atoms with Gasteiger partial charge in [0.15, 0.2) is 0 Å². The molecule has 0 radical (unpaired) electrons. The fourth-order valence-electron chi connectivity index (χ4n) is 2.16. The minimum absolute atomic E-state index is 0.0320. The van der Waals surface area contributed by atoms with E-state index in [1.165, 1.54) is 0 Å². The first-order chi connectivity index (χ1) is 8.06. The van der Waals surface area contributed by atoms with Crippen LogP contribution in [0.3, 0.4) is 0 Å². The van der Waals surface area contributed by atoms with Gasteiger partial charge < -0.3 is 11.5 Å². The van der Waals surface area contributed by atoms with Crippen LogP contribution in [-0.2, 0) is 11.3 Å². The molecule has 0 aliphatic carbocycles. The number of benzene rings is 1. The summed E-state index contributed by atoms with van der Waals surface area (Å²) in [5, 5.41) is 0.680. The molecule has 1 saturated heterocycles. The minimum Gasteiger partial charge on any atom is -0.398 e. The predicted molar refractivity (Wildman–Crippen MR) is 68.4 cm³/mol. The summed E-state index contributed by atoms with van der Waals surface area (Å²) in [4.78, 5) is 13.2. The maximum atomic E-state index is 11.1. The van der Waals surface area contributed by atoms with Crippen molar-refractivity contribution in [3.8, 4) is 0 Å². The molecule has 2 rings (SSSR count). The highest BCUT2D eigenvalue weighted by Crippen LogP contribution is 2.23. The number of nitrogen functional groups attached to an aromatic ring is 1. The molecule has 92 valence electrons. The van der Waals surface area contributed by atoms with Crippen LogP contribution in [0.1, 0.15) is 12.0 Å². The quantitative estimate of drug-likeness (QED) is 0.796. The fraction of sp³-hybridized carbons (Fsp3) is 0.417. The number of nitrogens with zero attached hydrogens (tertiary/aromatic N) is 1. The van der Waals surface area contributed by atoms with E-state index in [1.54, 1.807) is 12.1 Å².